The molecule has 0 saturated heterocycles. The molecule has 4 nitrogen and oxygen atoms in total. The van der Waals surface area contributed by atoms with Crippen LogP contribution in [0.25, 0.3) is 10.8 Å². The molecule has 3 aromatic carbocycles. The van der Waals surface area contributed by atoms with Gasteiger partial charge in [-0.25, -0.2) is 0 Å². The van der Waals surface area contributed by atoms with Crippen molar-refractivity contribution in [3.63, 3.8) is 0 Å². The lowest BCUT2D eigenvalue weighted by Crippen LogP contribution is -2.47. The summed E-state index contributed by atoms with van der Waals surface area (Å²) in [5.74, 6) is 1.30. The van der Waals surface area contributed by atoms with Gasteiger partial charge in [0.2, 0.25) is 5.91 Å². The van der Waals surface area contributed by atoms with Gasteiger partial charge in [-0.3, -0.25) is 4.79 Å². The van der Waals surface area contributed by atoms with Gasteiger partial charge in [0, 0.05) is 6.04 Å². The second-order valence-corrected chi connectivity index (χ2v) is 10.7. The number of hydrogen-bond acceptors (Lipinski definition) is 3. The number of carbonyl (C=O) groups excluding carboxylic acids is 1. The quantitative estimate of drug-likeness (QED) is 0.372. The smallest absolute Gasteiger partial charge is 0.249 e. The normalized spacial score (nSPS) is 13.6. The summed E-state index contributed by atoms with van der Waals surface area (Å²) in [4.78, 5) is 13.2. The Kier molecular flexibility index (Phi) is 8.73. The van der Waals surface area contributed by atoms with Crippen LogP contribution in [0.4, 0.5) is 0 Å². The molecule has 0 aliphatic carbocycles. The van der Waals surface area contributed by atoms with Gasteiger partial charge in [-0.15, -0.1) is 0 Å². The molecule has 0 fully saturated rings. The maximum atomic E-state index is 13.2. The van der Waals surface area contributed by atoms with Gasteiger partial charge in [-0.2, -0.15) is 0 Å². The number of amides is 1. The van der Waals surface area contributed by atoms with E-state index in [4.69, 9.17) is 9.47 Å². The average Bonchev–Trinajstić information content (AvgIpc) is 2.77. The maximum Gasteiger partial charge on any atom is 0.249 e. The van der Waals surface area contributed by atoms with Gasteiger partial charge in [0.1, 0.15) is 11.9 Å². The largest absolute Gasteiger partial charge is 0.493 e. The molecule has 2 atom stereocenters. The molecule has 4 heteroatoms. The molecule has 182 valence electrons. The van der Waals surface area contributed by atoms with Crippen LogP contribution in [-0.4, -0.2) is 24.7 Å². The Hall–Kier alpha value is -2.85. The van der Waals surface area contributed by atoms with E-state index in [-0.39, 0.29) is 17.4 Å². The molecule has 0 radical (unpaired) electrons. The first-order valence-electron chi connectivity index (χ1n) is 12.2. The van der Waals surface area contributed by atoms with Crippen molar-refractivity contribution in [2.24, 2.45) is 11.3 Å². The summed E-state index contributed by atoms with van der Waals surface area (Å²) in [5.41, 5.74) is 1.90. The number of ether oxygens (including phenoxy) is 2. The molecule has 34 heavy (non-hydrogen) atoms. The third-order valence-corrected chi connectivity index (χ3v) is 5.69. The summed E-state index contributed by atoms with van der Waals surface area (Å²) >= 11 is 0. The van der Waals surface area contributed by atoms with Crippen molar-refractivity contribution in [1.29, 1.82) is 0 Å². The lowest BCUT2D eigenvalue weighted by molar-refractivity contribution is -0.142. The van der Waals surface area contributed by atoms with Crippen LogP contribution in [0.15, 0.2) is 66.7 Å². The van der Waals surface area contributed by atoms with Crippen molar-refractivity contribution in [2.75, 3.05) is 6.61 Å². The number of benzene rings is 3. The van der Waals surface area contributed by atoms with Crippen LogP contribution in [0.2, 0.25) is 0 Å². The molecule has 0 aliphatic rings. The number of rotatable bonds is 10. The zero-order valence-corrected chi connectivity index (χ0v) is 21.4. The van der Waals surface area contributed by atoms with Gasteiger partial charge in [0.15, 0.2) is 0 Å². The van der Waals surface area contributed by atoms with Crippen LogP contribution >= 0.6 is 0 Å². The highest BCUT2D eigenvalue weighted by Gasteiger charge is 2.33. The molecule has 1 N–H and O–H groups in total. The molecule has 0 aliphatic heterocycles. The number of nitrogens with one attached hydrogen (secondary N) is 1. The predicted octanol–water partition coefficient (Wildman–Crippen LogP) is 6.55. The molecule has 0 spiro atoms. The maximum absolute atomic E-state index is 13.2. The Bertz CT molecular complexity index is 1070. The van der Waals surface area contributed by atoms with Crippen LogP contribution in [-0.2, 0) is 22.6 Å². The van der Waals surface area contributed by atoms with Gasteiger partial charge in [0.05, 0.1) is 13.2 Å². The molecule has 1 amide bonds. The average molecular weight is 462 g/mol. The Morgan fingerprint density at radius 1 is 0.882 bits per heavy atom. The topological polar surface area (TPSA) is 47.6 Å². The molecule has 0 unspecified atom stereocenters. The lowest BCUT2D eigenvalue weighted by Gasteiger charge is -2.31. The van der Waals surface area contributed by atoms with Crippen molar-refractivity contribution >= 4 is 16.7 Å². The molecular weight excluding hydrogens is 422 g/mol. The molecule has 0 heterocycles. The van der Waals surface area contributed by atoms with E-state index in [0.717, 1.165) is 23.3 Å². The first-order chi connectivity index (χ1) is 16.1. The van der Waals surface area contributed by atoms with E-state index in [9.17, 15) is 4.79 Å². The van der Waals surface area contributed by atoms with Crippen LogP contribution in [0.3, 0.4) is 0 Å². The molecule has 3 aromatic rings. The van der Waals surface area contributed by atoms with Gasteiger partial charge >= 0.3 is 0 Å². The highest BCUT2D eigenvalue weighted by atomic mass is 16.5. The third kappa shape index (κ3) is 7.59. The van der Waals surface area contributed by atoms with Crippen molar-refractivity contribution in [2.45, 2.75) is 66.7 Å². The molecule has 0 bridgehead atoms. The van der Waals surface area contributed by atoms with Crippen LogP contribution in [0.1, 0.15) is 52.7 Å². The highest BCUT2D eigenvalue weighted by molar-refractivity contribution is 5.83. The standard InChI is InChI=1S/C30H39NO3/c1-21(2)19-33-27-15-12-23(13-16-27)17-22(3)31-29(32)28(30(4,5)6)34-20-24-11-14-25-9-7-8-10-26(25)18-24/h7-16,18,21-22,28H,17,19-20H2,1-6H3,(H,31,32)/t22-,28-/m1/s1. The van der Waals surface area contributed by atoms with Crippen molar-refractivity contribution in [1.82, 2.24) is 5.32 Å². The van der Waals surface area contributed by atoms with Gasteiger partial charge in [0.25, 0.3) is 0 Å². The van der Waals surface area contributed by atoms with Crippen molar-refractivity contribution in [3.8, 4) is 5.75 Å². The molecule has 0 aromatic heterocycles. The summed E-state index contributed by atoms with van der Waals surface area (Å²) in [6.07, 6.45) is 0.200. The minimum atomic E-state index is -0.548. The van der Waals surface area contributed by atoms with Crippen LogP contribution in [0.5, 0.6) is 5.75 Å². The Morgan fingerprint density at radius 2 is 1.53 bits per heavy atom. The van der Waals surface area contributed by atoms with E-state index >= 15 is 0 Å². The summed E-state index contributed by atoms with van der Waals surface area (Å²) in [5, 5.41) is 5.53. The predicted molar refractivity (Wildman–Crippen MR) is 140 cm³/mol. The fourth-order valence-electron chi connectivity index (χ4n) is 3.93. The van der Waals surface area contributed by atoms with E-state index in [1.54, 1.807) is 0 Å². The number of hydrogen-bond donors (Lipinski definition) is 1. The summed E-state index contributed by atoms with van der Waals surface area (Å²) < 4.78 is 11.9. The first-order valence-corrected chi connectivity index (χ1v) is 12.2. The molecule has 3 rings (SSSR count). The first kappa shape index (κ1) is 25.8. The second-order valence-electron chi connectivity index (χ2n) is 10.7. The summed E-state index contributed by atoms with van der Waals surface area (Å²) in [6.45, 7) is 13.5. The highest BCUT2D eigenvalue weighted by Crippen LogP contribution is 2.25. The van der Waals surface area contributed by atoms with Gasteiger partial charge in [-0.1, -0.05) is 83.1 Å². The van der Waals surface area contributed by atoms with E-state index in [1.165, 1.54) is 10.8 Å². The Morgan fingerprint density at radius 3 is 2.18 bits per heavy atom. The summed E-state index contributed by atoms with van der Waals surface area (Å²) in [6, 6.07) is 22.7. The fourth-order valence-corrected chi connectivity index (χ4v) is 3.93. The van der Waals surface area contributed by atoms with Crippen LogP contribution in [0, 0.1) is 11.3 Å². The van der Waals surface area contributed by atoms with Crippen LogP contribution < -0.4 is 10.1 Å². The minimum absolute atomic E-state index is 0.0101. The number of carbonyl (C=O) groups is 1. The zero-order valence-electron chi connectivity index (χ0n) is 21.4. The minimum Gasteiger partial charge on any atom is -0.493 e. The molecule has 0 saturated carbocycles. The van der Waals surface area contributed by atoms with Crippen molar-refractivity contribution in [3.05, 3.63) is 77.9 Å². The van der Waals surface area contributed by atoms with Gasteiger partial charge in [-0.05, 0) is 64.8 Å². The zero-order chi connectivity index (χ0) is 24.7. The second kappa shape index (κ2) is 11.5. The summed E-state index contributed by atoms with van der Waals surface area (Å²) in [7, 11) is 0. The number of fused-ring (bicyclic) bond motifs is 1. The fraction of sp³-hybridized carbons (Fsp3) is 0.433. The lowest BCUT2D eigenvalue weighted by atomic mass is 9.88. The third-order valence-electron chi connectivity index (χ3n) is 5.69. The van der Waals surface area contributed by atoms with Crippen molar-refractivity contribution < 1.29 is 14.3 Å². The Labute approximate surface area is 204 Å². The van der Waals surface area contributed by atoms with Gasteiger partial charge < -0.3 is 14.8 Å². The molecular formula is C30H39NO3. The monoisotopic (exact) mass is 461 g/mol. The SMILES string of the molecule is CC(C)COc1ccc(C[C@@H](C)NC(=O)[C@@H](OCc2ccc3ccccc3c2)C(C)(C)C)cc1. The van der Waals surface area contributed by atoms with E-state index in [1.807, 2.05) is 52.0 Å². The Balaban J connectivity index is 1.57. The van der Waals surface area contributed by atoms with E-state index in [2.05, 4.69) is 61.6 Å². The van der Waals surface area contributed by atoms with E-state index in [0.29, 0.717) is 19.1 Å². The van der Waals surface area contributed by atoms with E-state index < -0.39 is 6.10 Å².